The average molecular weight is 154 g/mol. The Morgan fingerprint density at radius 2 is 1.64 bits per heavy atom. The summed E-state index contributed by atoms with van der Waals surface area (Å²) in [6.45, 7) is 3.55. The van der Waals surface area contributed by atoms with Gasteiger partial charge in [0.25, 0.3) is 0 Å². The molecule has 1 heterocycles. The second kappa shape index (κ2) is 3.11. The summed E-state index contributed by atoms with van der Waals surface area (Å²) in [4.78, 5) is 0. The Kier molecular flexibility index (Phi) is 2.14. The molecule has 1 aliphatic heterocycles. The monoisotopic (exact) mass is 154 g/mol. The molecule has 0 aromatic heterocycles. The van der Waals surface area contributed by atoms with E-state index in [1.54, 1.807) is 0 Å². The zero-order valence-electron chi connectivity index (χ0n) is 7.16. The van der Waals surface area contributed by atoms with Crippen molar-refractivity contribution in [3.05, 3.63) is 0 Å². The minimum absolute atomic E-state index is 0.585. The summed E-state index contributed by atoms with van der Waals surface area (Å²) < 4.78 is 0. The first kappa shape index (κ1) is 7.56. The Morgan fingerprint density at radius 3 is 2.36 bits per heavy atom. The van der Waals surface area contributed by atoms with E-state index in [0.717, 1.165) is 6.54 Å². The number of hydrogen-bond donors (Lipinski definition) is 2. The number of hydrogen-bond acceptors (Lipinski definition) is 2. The van der Waals surface area contributed by atoms with Gasteiger partial charge in [0.15, 0.2) is 0 Å². The van der Waals surface area contributed by atoms with Gasteiger partial charge < -0.3 is 10.6 Å². The molecule has 2 heteroatoms. The zero-order valence-corrected chi connectivity index (χ0v) is 7.16. The minimum atomic E-state index is 0.585. The lowest BCUT2D eigenvalue weighted by Gasteiger charge is -2.44. The molecule has 0 amide bonds. The molecule has 2 nitrogen and oxygen atoms in total. The van der Waals surface area contributed by atoms with Crippen LogP contribution in [-0.4, -0.2) is 25.2 Å². The van der Waals surface area contributed by atoms with Crippen molar-refractivity contribution >= 4 is 0 Å². The molecule has 2 aliphatic rings. The van der Waals surface area contributed by atoms with Crippen molar-refractivity contribution in [1.29, 1.82) is 0 Å². The van der Waals surface area contributed by atoms with E-state index in [1.165, 1.54) is 45.2 Å². The van der Waals surface area contributed by atoms with Crippen molar-refractivity contribution in [1.82, 2.24) is 10.6 Å². The smallest absolute Gasteiger partial charge is 0.0182 e. The Labute approximate surface area is 68.7 Å². The van der Waals surface area contributed by atoms with Crippen LogP contribution in [0, 0.1) is 0 Å². The van der Waals surface area contributed by atoms with Crippen LogP contribution in [-0.2, 0) is 0 Å². The molecule has 0 atom stereocenters. The second-order valence-corrected chi connectivity index (χ2v) is 3.91. The summed E-state index contributed by atoms with van der Waals surface area (Å²) in [5.41, 5.74) is 0.585. The van der Waals surface area contributed by atoms with E-state index in [-0.39, 0.29) is 0 Å². The van der Waals surface area contributed by atoms with Crippen LogP contribution in [0.25, 0.3) is 0 Å². The highest BCUT2D eigenvalue weighted by Gasteiger charge is 2.35. The highest BCUT2D eigenvalue weighted by atomic mass is 15.0. The first-order valence-corrected chi connectivity index (χ1v) is 4.87. The summed E-state index contributed by atoms with van der Waals surface area (Å²) in [6, 6.07) is 0. The molecular formula is C9H18N2. The van der Waals surface area contributed by atoms with Crippen molar-refractivity contribution in [2.75, 3.05) is 19.6 Å². The lowest BCUT2D eigenvalue weighted by molar-refractivity contribution is 0.160. The third kappa shape index (κ3) is 1.57. The summed E-state index contributed by atoms with van der Waals surface area (Å²) in [5.74, 6) is 0. The maximum Gasteiger partial charge on any atom is 0.0182 e. The van der Waals surface area contributed by atoms with Gasteiger partial charge in [-0.2, -0.15) is 0 Å². The molecule has 2 fully saturated rings. The Morgan fingerprint density at radius 1 is 0.818 bits per heavy atom. The molecule has 0 radical (unpaired) electrons. The van der Waals surface area contributed by atoms with Gasteiger partial charge >= 0.3 is 0 Å². The maximum atomic E-state index is 3.67. The van der Waals surface area contributed by atoms with E-state index in [0.29, 0.717) is 5.54 Å². The molecule has 1 spiro atoms. The van der Waals surface area contributed by atoms with E-state index < -0.39 is 0 Å². The van der Waals surface area contributed by atoms with Gasteiger partial charge in [0, 0.05) is 18.6 Å². The van der Waals surface area contributed by atoms with E-state index in [9.17, 15) is 0 Å². The van der Waals surface area contributed by atoms with Gasteiger partial charge in [0.2, 0.25) is 0 Å². The standard InChI is InChI=1S/C9H18N2/c1-3-9(4-1)5-2-6-10-7-8-11-9/h10-11H,1-8H2. The van der Waals surface area contributed by atoms with Gasteiger partial charge in [-0.25, -0.2) is 0 Å². The van der Waals surface area contributed by atoms with E-state index >= 15 is 0 Å². The molecule has 1 saturated heterocycles. The van der Waals surface area contributed by atoms with Crippen molar-refractivity contribution in [2.45, 2.75) is 37.6 Å². The first-order valence-electron chi connectivity index (χ1n) is 4.87. The van der Waals surface area contributed by atoms with Crippen molar-refractivity contribution in [3.63, 3.8) is 0 Å². The van der Waals surface area contributed by atoms with Gasteiger partial charge in [-0.05, 0) is 38.6 Å². The lowest BCUT2D eigenvalue weighted by atomic mass is 9.73. The molecule has 1 saturated carbocycles. The SMILES string of the molecule is C1CNCCNC2(C1)CCC2. The summed E-state index contributed by atoms with van der Waals surface area (Å²) in [7, 11) is 0. The fourth-order valence-corrected chi connectivity index (χ4v) is 2.21. The second-order valence-electron chi connectivity index (χ2n) is 3.91. The minimum Gasteiger partial charge on any atom is -0.315 e. The lowest BCUT2D eigenvalue weighted by Crippen LogP contribution is -2.54. The summed E-state index contributed by atoms with van der Waals surface area (Å²) in [5, 5.41) is 7.08. The van der Waals surface area contributed by atoms with E-state index in [1.807, 2.05) is 0 Å². The molecule has 0 aromatic rings. The highest BCUT2D eigenvalue weighted by Crippen LogP contribution is 2.35. The Bertz CT molecular complexity index is 120. The van der Waals surface area contributed by atoms with Crippen LogP contribution in [0.2, 0.25) is 0 Å². The molecule has 0 unspecified atom stereocenters. The Hall–Kier alpha value is -0.0800. The first-order chi connectivity index (χ1) is 5.41. The predicted molar refractivity (Wildman–Crippen MR) is 46.7 cm³/mol. The van der Waals surface area contributed by atoms with E-state index in [2.05, 4.69) is 10.6 Å². The van der Waals surface area contributed by atoms with Crippen LogP contribution in [0.3, 0.4) is 0 Å². The van der Waals surface area contributed by atoms with Gasteiger partial charge in [-0.1, -0.05) is 0 Å². The van der Waals surface area contributed by atoms with Crippen LogP contribution in [0.4, 0.5) is 0 Å². The molecule has 64 valence electrons. The number of nitrogens with one attached hydrogen (secondary N) is 2. The molecule has 0 aromatic carbocycles. The Balaban J connectivity index is 1.86. The molecule has 2 rings (SSSR count). The fraction of sp³-hybridized carbons (Fsp3) is 1.00. The summed E-state index contributed by atoms with van der Waals surface area (Å²) in [6.07, 6.45) is 7.04. The highest BCUT2D eigenvalue weighted by molar-refractivity contribution is 4.96. The molecule has 1 aliphatic carbocycles. The third-order valence-corrected chi connectivity index (χ3v) is 3.12. The van der Waals surface area contributed by atoms with Crippen LogP contribution in [0.1, 0.15) is 32.1 Å². The van der Waals surface area contributed by atoms with Gasteiger partial charge in [-0.3, -0.25) is 0 Å². The van der Waals surface area contributed by atoms with Crippen molar-refractivity contribution in [2.24, 2.45) is 0 Å². The molecular weight excluding hydrogens is 136 g/mol. The zero-order chi connectivity index (χ0) is 7.57. The topological polar surface area (TPSA) is 24.1 Å². The number of rotatable bonds is 0. The van der Waals surface area contributed by atoms with Crippen LogP contribution in [0.5, 0.6) is 0 Å². The summed E-state index contributed by atoms with van der Waals surface area (Å²) >= 11 is 0. The maximum absolute atomic E-state index is 3.67. The van der Waals surface area contributed by atoms with Gasteiger partial charge in [-0.15, -0.1) is 0 Å². The largest absolute Gasteiger partial charge is 0.315 e. The van der Waals surface area contributed by atoms with Crippen molar-refractivity contribution < 1.29 is 0 Å². The molecule has 0 bridgehead atoms. The predicted octanol–water partition coefficient (Wildman–Crippen LogP) is 0.882. The van der Waals surface area contributed by atoms with Crippen molar-refractivity contribution in [3.8, 4) is 0 Å². The quantitative estimate of drug-likeness (QED) is 0.541. The van der Waals surface area contributed by atoms with E-state index in [4.69, 9.17) is 0 Å². The van der Waals surface area contributed by atoms with Crippen LogP contribution in [0.15, 0.2) is 0 Å². The third-order valence-electron chi connectivity index (χ3n) is 3.12. The average Bonchev–Trinajstić information content (AvgIpc) is 1.82. The van der Waals surface area contributed by atoms with Gasteiger partial charge in [0.1, 0.15) is 0 Å². The molecule has 2 N–H and O–H groups in total. The normalized spacial score (nSPS) is 30.5. The van der Waals surface area contributed by atoms with Crippen LogP contribution >= 0.6 is 0 Å². The van der Waals surface area contributed by atoms with Gasteiger partial charge in [0.05, 0.1) is 0 Å². The fourth-order valence-electron chi connectivity index (χ4n) is 2.21. The van der Waals surface area contributed by atoms with Crippen LogP contribution < -0.4 is 10.6 Å². The molecule has 11 heavy (non-hydrogen) atoms.